The van der Waals surface area contributed by atoms with Gasteiger partial charge in [0.2, 0.25) is 0 Å². The molecule has 1 fully saturated rings. The molecule has 0 radical (unpaired) electrons. The van der Waals surface area contributed by atoms with E-state index in [0.29, 0.717) is 54.0 Å². The van der Waals surface area contributed by atoms with Crippen LogP contribution in [0, 0.1) is 18.3 Å². The van der Waals surface area contributed by atoms with E-state index in [9.17, 15) is 18.2 Å². The number of benzene rings is 3. The maximum Gasteiger partial charge on any atom is 0.266 e. The zero-order chi connectivity index (χ0) is 36.5. The van der Waals surface area contributed by atoms with Crippen molar-refractivity contribution in [1.82, 2.24) is 14.8 Å². The van der Waals surface area contributed by atoms with Gasteiger partial charge in [-0.15, -0.1) is 0 Å². The number of piperidine rings is 1. The van der Waals surface area contributed by atoms with E-state index in [1.807, 2.05) is 35.2 Å². The van der Waals surface area contributed by atoms with E-state index in [4.69, 9.17) is 30.5 Å². The van der Waals surface area contributed by atoms with Gasteiger partial charge in [-0.25, -0.2) is 0 Å². The van der Waals surface area contributed by atoms with Crippen LogP contribution < -0.4 is 18.9 Å². The molecule has 1 N–H and O–H groups in total. The smallest absolute Gasteiger partial charge is 0.266 e. The van der Waals surface area contributed by atoms with E-state index in [1.165, 1.54) is 12.6 Å². The molecule has 6 rings (SSSR count). The minimum absolute atomic E-state index is 0.131. The second-order valence-electron chi connectivity index (χ2n) is 13.1. The highest BCUT2D eigenvalue weighted by atomic mass is 35.5. The van der Waals surface area contributed by atoms with Gasteiger partial charge < -0.3 is 23.8 Å². The number of aromatic nitrogens is 1. The van der Waals surface area contributed by atoms with Crippen molar-refractivity contribution in [1.29, 1.82) is 5.26 Å². The van der Waals surface area contributed by atoms with Crippen molar-refractivity contribution in [3.05, 3.63) is 99.8 Å². The van der Waals surface area contributed by atoms with E-state index >= 15 is 0 Å². The normalized spacial score (nSPS) is 14.6. The average Bonchev–Trinajstić information content (AvgIpc) is 3.15. The van der Waals surface area contributed by atoms with Crippen molar-refractivity contribution in [3.8, 4) is 40.2 Å². The van der Waals surface area contributed by atoms with Crippen LogP contribution in [0.15, 0.2) is 67.0 Å². The molecule has 1 saturated heterocycles. The predicted molar refractivity (Wildman–Crippen MR) is 199 cm³/mol. The highest BCUT2D eigenvalue weighted by molar-refractivity contribution is 7.85. The third-order valence-corrected chi connectivity index (χ3v) is 10.4. The SMILES string of the molecule is Cc1c(COc2cc(OCc3cncc(C#N)c3)c(CN(CCN3CCCCC3)CCS(=O)(=O)O)cc2Cl)cccc1-c1ccc2c(c1)OCCO2. The van der Waals surface area contributed by atoms with Crippen LogP contribution in [0.25, 0.3) is 11.1 Å². The lowest BCUT2D eigenvalue weighted by Crippen LogP contribution is -2.39. The van der Waals surface area contributed by atoms with Gasteiger partial charge in [0.25, 0.3) is 10.1 Å². The summed E-state index contributed by atoms with van der Waals surface area (Å²) in [5.41, 5.74) is 5.95. The van der Waals surface area contributed by atoms with E-state index < -0.39 is 15.9 Å². The fraction of sp³-hybridized carbons (Fsp3) is 0.385. The lowest BCUT2D eigenvalue weighted by molar-refractivity contribution is 0.171. The zero-order valence-electron chi connectivity index (χ0n) is 29.2. The fourth-order valence-corrected chi connectivity index (χ4v) is 7.20. The van der Waals surface area contributed by atoms with Gasteiger partial charge in [-0.3, -0.25) is 14.4 Å². The Morgan fingerprint density at radius 3 is 2.52 bits per heavy atom. The molecule has 0 saturated carbocycles. The Kier molecular flexibility index (Phi) is 12.5. The molecule has 274 valence electrons. The molecular formula is C39H43ClN4O7S. The first-order valence-electron chi connectivity index (χ1n) is 17.5. The quantitative estimate of drug-likeness (QED) is 0.131. The van der Waals surface area contributed by atoms with Crippen LogP contribution in [0.4, 0.5) is 0 Å². The van der Waals surface area contributed by atoms with Gasteiger partial charge in [-0.1, -0.05) is 42.3 Å². The Morgan fingerprint density at radius 2 is 1.73 bits per heavy atom. The van der Waals surface area contributed by atoms with E-state index in [-0.39, 0.29) is 19.8 Å². The largest absolute Gasteiger partial charge is 0.488 e. The summed E-state index contributed by atoms with van der Waals surface area (Å²) >= 11 is 6.88. The van der Waals surface area contributed by atoms with Gasteiger partial charge in [-0.05, 0) is 79.4 Å². The predicted octanol–water partition coefficient (Wildman–Crippen LogP) is 6.69. The third kappa shape index (κ3) is 10.1. The Balaban J connectivity index is 1.24. The molecule has 11 nitrogen and oxygen atoms in total. The topological polar surface area (TPSA) is 134 Å². The van der Waals surface area contributed by atoms with Crippen LogP contribution >= 0.6 is 11.6 Å². The number of likely N-dealkylation sites (tertiary alicyclic amines) is 1. The van der Waals surface area contributed by atoms with Crippen LogP contribution in [0.2, 0.25) is 5.02 Å². The van der Waals surface area contributed by atoms with E-state index in [1.54, 1.807) is 24.4 Å². The number of fused-ring (bicyclic) bond motifs is 1. The molecule has 0 amide bonds. The second-order valence-corrected chi connectivity index (χ2v) is 15.1. The van der Waals surface area contributed by atoms with Gasteiger partial charge >= 0.3 is 0 Å². The number of rotatable bonds is 15. The number of nitrogens with zero attached hydrogens (tertiary/aromatic N) is 4. The Morgan fingerprint density at radius 1 is 0.942 bits per heavy atom. The number of pyridine rings is 1. The van der Waals surface area contributed by atoms with Gasteiger partial charge in [0.05, 0.1) is 16.3 Å². The van der Waals surface area contributed by atoms with Gasteiger partial charge in [0.15, 0.2) is 11.5 Å². The van der Waals surface area contributed by atoms with E-state index in [0.717, 1.165) is 71.8 Å². The summed E-state index contributed by atoms with van der Waals surface area (Å²) in [7, 11) is -4.17. The maximum atomic E-state index is 11.8. The molecule has 3 aromatic carbocycles. The van der Waals surface area contributed by atoms with Crippen molar-refractivity contribution in [3.63, 3.8) is 0 Å². The average molecular weight is 747 g/mol. The minimum atomic E-state index is -4.17. The first kappa shape index (κ1) is 37.4. The number of hydrogen-bond donors (Lipinski definition) is 1. The van der Waals surface area contributed by atoms with Crippen molar-refractivity contribution in [2.24, 2.45) is 0 Å². The van der Waals surface area contributed by atoms with Crippen molar-refractivity contribution < 1.29 is 31.9 Å². The number of nitriles is 1. The van der Waals surface area contributed by atoms with Crippen LogP contribution in [0.5, 0.6) is 23.0 Å². The Labute approximate surface area is 310 Å². The molecule has 4 aromatic rings. The molecular weight excluding hydrogens is 704 g/mol. The summed E-state index contributed by atoms with van der Waals surface area (Å²) in [5.74, 6) is 1.99. The summed E-state index contributed by atoms with van der Waals surface area (Å²) < 4.78 is 57.3. The first-order chi connectivity index (χ1) is 25.1. The highest BCUT2D eigenvalue weighted by Crippen LogP contribution is 2.38. The van der Waals surface area contributed by atoms with Gasteiger partial charge in [0, 0.05) is 55.8 Å². The molecule has 1 aromatic heterocycles. The lowest BCUT2D eigenvalue weighted by atomic mass is 9.96. The molecule has 13 heteroatoms. The third-order valence-electron chi connectivity index (χ3n) is 9.36. The van der Waals surface area contributed by atoms with Crippen LogP contribution in [0.1, 0.15) is 47.1 Å². The number of ether oxygens (including phenoxy) is 4. The molecule has 0 unspecified atom stereocenters. The molecule has 2 aliphatic rings. The summed E-state index contributed by atoms with van der Waals surface area (Å²) in [6, 6.07) is 19.4. The lowest BCUT2D eigenvalue weighted by Gasteiger charge is -2.30. The number of hydrogen-bond acceptors (Lipinski definition) is 10. The maximum absolute atomic E-state index is 11.8. The van der Waals surface area contributed by atoms with E-state index in [2.05, 4.69) is 28.9 Å². The molecule has 0 bridgehead atoms. The van der Waals surface area contributed by atoms with Crippen molar-refractivity contribution in [2.45, 2.75) is 45.9 Å². The summed E-state index contributed by atoms with van der Waals surface area (Å²) in [5, 5.41) is 9.75. The molecule has 2 aliphatic heterocycles. The summed E-state index contributed by atoms with van der Waals surface area (Å²) in [4.78, 5) is 8.52. The van der Waals surface area contributed by atoms with Gasteiger partial charge in [-0.2, -0.15) is 13.7 Å². The van der Waals surface area contributed by atoms with Crippen LogP contribution in [-0.4, -0.2) is 79.4 Å². The molecule has 3 heterocycles. The highest BCUT2D eigenvalue weighted by Gasteiger charge is 2.20. The van der Waals surface area contributed by atoms with Crippen molar-refractivity contribution >= 4 is 21.7 Å². The standard InChI is InChI=1S/C39H43ClN4O7S/c1-28-32(6-5-7-34(28)31-8-9-36-39(20-31)49-16-15-48-36)27-51-38-21-37(50-26-30-18-29(22-41)23-42-24-30)33(19-35(38)40)25-44(14-17-52(45,46)47)13-12-43-10-3-2-4-11-43/h5-9,18-21,23-24H,2-4,10-17,25-27H2,1H3,(H,45,46,47). The van der Waals surface area contributed by atoms with Crippen molar-refractivity contribution in [2.75, 3.05) is 51.7 Å². The Hall–Kier alpha value is -4.38. The Bertz CT molecular complexity index is 2010. The minimum Gasteiger partial charge on any atom is -0.488 e. The van der Waals surface area contributed by atoms with Crippen LogP contribution in [0.3, 0.4) is 0 Å². The summed E-state index contributed by atoms with van der Waals surface area (Å²) in [6.07, 6.45) is 6.63. The van der Waals surface area contributed by atoms with Crippen LogP contribution in [-0.2, 0) is 29.9 Å². The number of halogens is 1. The van der Waals surface area contributed by atoms with Gasteiger partial charge in [0.1, 0.15) is 44.0 Å². The zero-order valence-corrected chi connectivity index (χ0v) is 30.8. The molecule has 0 atom stereocenters. The monoisotopic (exact) mass is 746 g/mol. The first-order valence-corrected chi connectivity index (χ1v) is 19.4. The fourth-order valence-electron chi connectivity index (χ4n) is 6.47. The molecule has 0 aliphatic carbocycles. The molecule has 0 spiro atoms. The second kappa shape index (κ2) is 17.4. The summed E-state index contributed by atoms with van der Waals surface area (Å²) in [6.45, 7) is 7.31. The molecule has 52 heavy (non-hydrogen) atoms.